The van der Waals surface area contributed by atoms with Crippen LogP contribution in [0.2, 0.25) is 0 Å². The molecule has 9 N–H and O–H groups in total. The number of aliphatic hydroxyl groups excluding tert-OH is 2. The molecule has 6 atom stereocenters. The molecule has 17 nitrogen and oxygen atoms in total. The molecule has 0 spiro atoms. The van der Waals surface area contributed by atoms with Crippen LogP contribution >= 0.6 is 23.5 Å². The largest absolute Gasteiger partial charge is 0.480 e. The first-order valence-electron chi connectivity index (χ1n) is 6.82. The molecule has 1 aliphatic rings. The van der Waals surface area contributed by atoms with E-state index in [1.54, 1.807) is 0 Å². The minimum atomic E-state index is -5.53. The molecule has 0 radical (unpaired) electrons. The maximum atomic E-state index is 11.1. The molecule has 1 fully saturated rings. The lowest BCUT2D eigenvalue weighted by atomic mass is 9.85. The molecule has 0 aromatic rings. The van der Waals surface area contributed by atoms with Crippen LogP contribution in [-0.2, 0) is 36.8 Å². The van der Waals surface area contributed by atoms with Crippen molar-refractivity contribution in [3.8, 4) is 0 Å². The van der Waals surface area contributed by atoms with Crippen LogP contribution in [-0.4, -0.2) is 93.9 Å². The molecular formula is C8H17O17P3. The fourth-order valence-corrected chi connectivity index (χ4v) is 4.04. The summed E-state index contributed by atoms with van der Waals surface area (Å²) in [7, 11) is -16.5. The van der Waals surface area contributed by atoms with Crippen LogP contribution in [0.1, 0.15) is 0 Å². The molecule has 0 aromatic heterocycles. The predicted octanol–water partition coefficient (Wildman–Crippen LogP) is -3.37. The predicted molar refractivity (Wildman–Crippen MR) is 80.1 cm³/mol. The lowest BCUT2D eigenvalue weighted by Crippen LogP contribution is -2.65. The van der Waals surface area contributed by atoms with Crippen LogP contribution < -0.4 is 0 Å². The van der Waals surface area contributed by atoms with Crippen molar-refractivity contribution in [3.05, 3.63) is 0 Å². The number of carboxylic acids is 1. The zero-order valence-electron chi connectivity index (χ0n) is 13.3. The summed E-state index contributed by atoms with van der Waals surface area (Å²) in [5.41, 5.74) is 0. The van der Waals surface area contributed by atoms with Crippen molar-refractivity contribution in [2.75, 3.05) is 6.61 Å². The van der Waals surface area contributed by atoms with Crippen molar-refractivity contribution in [1.82, 2.24) is 0 Å². The standard InChI is InChI=1S/C8H17O17P3/c9-2(10)1-22-6-3(11)5(23-26(13,14)15)4(12)7(24-27(16,17)18)8(6)25-28(19,20)21/h3-8,11-12H,1H2,(H,9,10)(H2,13,14,15)(H2,16,17,18)(H2,19,20,21)/t3-,4-,5+,6-,7+,8+/m0/s1. The lowest BCUT2D eigenvalue weighted by molar-refractivity contribution is -0.226. The Bertz CT molecular complexity index is 691. The lowest BCUT2D eigenvalue weighted by Gasteiger charge is -2.45. The van der Waals surface area contributed by atoms with E-state index >= 15 is 0 Å². The Morgan fingerprint density at radius 1 is 0.679 bits per heavy atom. The number of aliphatic hydroxyl groups is 2. The van der Waals surface area contributed by atoms with E-state index in [-0.39, 0.29) is 0 Å². The highest BCUT2D eigenvalue weighted by molar-refractivity contribution is 7.46. The Labute approximate surface area is 155 Å². The van der Waals surface area contributed by atoms with Crippen LogP contribution in [0.4, 0.5) is 0 Å². The van der Waals surface area contributed by atoms with Gasteiger partial charge in [-0.15, -0.1) is 0 Å². The third kappa shape index (κ3) is 8.20. The highest BCUT2D eigenvalue weighted by Crippen LogP contribution is 2.49. The summed E-state index contributed by atoms with van der Waals surface area (Å²) in [5.74, 6) is -1.67. The fourth-order valence-electron chi connectivity index (χ4n) is 2.36. The first-order chi connectivity index (χ1) is 12.4. The van der Waals surface area contributed by atoms with Gasteiger partial charge in [-0.1, -0.05) is 0 Å². The number of rotatable bonds is 9. The SMILES string of the molecule is O=C(O)CO[C@H]1[C@@H](O)[C@@H](OP(=O)(O)O)[C@H](O)[C@@H](OP(=O)(O)O)[C@@H]1OP(=O)(O)O. The Balaban J connectivity index is 3.41. The van der Waals surface area contributed by atoms with Crippen molar-refractivity contribution < 1.29 is 81.5 Å². The highest BCUT2D eigenvalue weighted by atomic mass is 31.2. The van der Waals surface area contributed by atoms with E-state index < -0.39 is 72.7 Å². The third-order valence-corrected chi connectivity index (χ3v) is 4.72. The molecular weight excluding hydrogens is 461 g/mol. The van der Waals surface area contributed by atoms with Gasteiger partial charge >= 0.3 is 29.4 Å². The summed E-state index contributed by atoms with van der Waals surface area (Å²) in [5, 5.41) is 28.9. The number of phosphoric ester groups is 3. The molecule has 0 amide bonds. The number of ether oxygens (including phenoxy) is 1. The van der Waals surface area contributed by atoms with Crippen LogP contribution in [0, 0.1) is 0 Å². The van der Waals surface area contributed by atoms with Gasteiger partial charge in [-0.3, -0.25) is 13.6 Å². The smallest absolute Gasteiger partial charge is 0.470 e. The topological polar surface area (TPSA) is 287 Å². The van der Waals surface area contributed by atoms with Gasteiger partial charge in [0, 0.05) is 0 Å². The van der Waals surface area contributed by atoms with E-state index in [4.69, 9.17) is 34.5 Å². The molecule has 1 aliphatic carbocycles. The maximum Gasteiger partial charge on any atom is 0.470 e. The Morgan fingerprint density at radius 2 is 1.04 bits per heavy atom. The van der Waals surface area contributed by atoms with Crippen LogP contribution in [0.15, 0.2) is 0 Å². The van der Waals surface area contributed by atoms with Crippen LogP contribution in [0.3, 0.4) is 0 Å². The van der Waals surface area contributed by atoms with Gasteiger partial charge in [0.15, 0.2) is 0 Å². The molecule has 0 saturated heterocycles. The second-order valence-corrected chi connectivity index (χ2v) is 8.91. The molecule has 20 heteroatoms. The number of carboxylic acid groups (broad SMARTS) is 1. The quantitative estimate of drug-likeness (QED) is 0.146. The first-order valence-corrected chi connectivity index (χ1v) is 11.4. The van der Waals surface area contributed by atoms with Crippen molar-refractivity contribution in [2.24, 2.45) is 0 Å². The number of hydrogen-bond acceptors (Lipinski definition) is 10. The molecule has 0 aromatic carbocycles. The average Bonchev–Trinajstić information content (AvgIpc) is 2.44. The molecule has 0 bridgehead atoms. The van der Waals surface area contributed by atoms with Gasteiger partial charge < -0.3 is 49.4 Å². The van der Waals surface area contributed by atoms with Gasteiger partial charge in [-0.05, 0) is 0 Å². The van der Waals surface area contributed by atoms with E-state index in [0.717, 1.165) is 0 Å². The van der Waals surface area contributed by atoms with Gasteiger partial charge in [-0.25, -0.2) is 18.5 Å². The minimum absolute atomic E-state index is 1.26. The Kier molecular flexibility index (Phi) is 8.47. The summed E-state index contributed by atoms with van der Waals surface area (Å²) in [4.78, 5) is 64.2. The van der Waals surface area contributed by atoms with Crippen LogP contribution in [0.25, 0.3) is 0 Å². The van der Waals surface area contributed by atoms with Gasteiger partial charge in [0.25, 0.3) is 0 Å². The van der Waals surface area contributed by atoms with Crippen molar-refractivity contribution in [3.63, 3.8) is 0 Å². The van der Waals surface area contributed by atoms with Crippen LogP contribution in [0.5, 0.6) is 0 Å². The Hall–Kier alpha value is -0.320. The first kappa shape index (κ1) is 25.7. The molecule has 0 unspecified atom stereocenters. The second-order valence-electron chi connectivity index (χ2n) is 5.33. The van der Waals surface area contributed by atoms with E-state index in [2.05, 4.69) is 18.3 Å². The molecule has 28 heavy (non-hydrogen) atoms. The molecule has 1 saturated carbocycles. The zero-order chi connectivity index (χ0) is 22.1. The maximum absolute atomic E-state index is 11.1. The monoisotopic (exact) mass is 478 g/mol. The van der Waals surface area contributed by atoms with E-state index in [9.17, 15) is 28.7 Å². The summed E-state index contributed by atoms with van der Waals surface area (Å²) in [6.07, 6.45) is -14.5. The number of phosphoric acid groups is 3. The van der Waals surface area contributed by atoms with Crippen molar-refractivity contribution in [2.45, 2.75) is 36.6 Å². The summed E-state index contributed by atoms with van der Waals surface area (Å²) in [6.45, 7) is -1.26. The molecule has 0 heterocycles. The van der Waals surface area contributed by atoms with E-state index in [1.165, 1.54) is 0 Å². The minimum Gasteiger partial charge on any atom is -0.480 e. The average molecular weight is 478 g/mol. The van der Waals surface area contributed by atoms with Gasteiger partial charge in [0.1, 0.15) is 43.2 Å². The fraction of sp³-hybridized carbons (Fsp3) is 0.875. The van der Waals surface area contributed by atoms with Crippen molar-refractivity contribution >= 4 is 29.4 Å². The van der Waals surface area contributed by atoms with Crippen molar-refractivity contribution in [1.29, 1.82) is 0 Å². The van der Waals surface area contributed by atoms with Gasteiger partial charge in [0.2, 0.25) is 0 Å². The summed E-state index contributed by atoms with van der Waals surface area (Å²) >= 11 is 0. The number of carbonyl (C=O) groups is 1. The molecule has 166 valence electrons. The zero-order valence-corrected chi connectivity index (χ0v) is 16.0. The number of hydrogen-bond donors (Lipinski definition) is 9. The highest BCUT2D eigenvalue weighted by Gasteiger charge is 2.57. The Morgan fingerprint density at radius 3 is 1.43 bits per heavy atom. The summed E-state index contributed by atoms with van der Waals surface area (Å²) < 4.78 is 50.4. The van der Waals surface area contributed by atoms with E-state index in [1.807, 2.05) is 0 Å². The molecule has 1 rings (SSSR count). The molecule has 0 aliphatic heterocycles. The number of aliphatic carboxylic acids is 1. The summed E-state index contributed by atoms with van der Waals surface area (Å²) in [6, 6.07) is 0. The van der Waals surface area contributed by atoms with E-state index in [0.29, 0.717) is 0 Å². The van der Waals surface area contributed by atoms with Gasteiger partial charge in [0.05, 0.1) is 0 Å². The normalized spacial score (nSPS) is 32.3. The second kappa shape index (κ2) is 9.22. The van der Waals surface area contributed by atoms with Gasteiger partial charge in [-0.2, -0.15) is 0 Å². The third-order valence-electron chi connectivity index (χ3n) is 3.17.